The van der Waals surface area contributed by atoms with Crippen LogP contribution in [0, 0.1) is 20.2 Å². The lowest BCUT2D eigenvalue weighted by atomic mass is 10.2. The number of benzene rings is 1. The Kier molecular flexibility index (Phi) is 5.86. The lowest BCUT2D eigenvalue weighted by molar-refractivity contribution is -0.393. The molecule has 9 heteroatoms. The van der Waals surface area contributed by atoms with Crippen LogP contribution in [0.4, 0.5) is 17.1 Å². The highest BCUT2D eigenvalue weighted by molar-refractivity contribution is 5.85. The second-order valence-electron chi connectivity index (χ2n) is 2.93. The molecule has 0 radical (unpaired) electrons. The Labute approximate surface area is 103 Å². The molecule has 0 atom stereocenters. The van der Waals surface area contributed by atoms with Gasteiger partial charge < -0.3 is 11.1 Å². The Hall–Kier alpha value is -1.93. The standard InChI is InChI=1S/C8H10N4O4.ClH/c9-3-4-10-7-2-1-6(11(13)14)5-8(7)12(15)16;/h1-2,5,10H,3-4,9H2;1H. The van der Waals surface area contributed by atoms with E-state index in [0.717, 1.165) is 6.07 Å². The van der Waals surface area contributed by atoms with Crippen molar-refractivity contribution in [3.8, 4) is 0 Å². The molecule has 1 aromatic rings. The molecule has 17 heavy (non-hydrogen) atoms. The molecule has 94 valence electrons. The van der Waals surface area contributed by atoms with Crippen molar-refractivity contribution in [1.29, 1.82) is 0 Å². The van der Waals surface area contributed by atoms with Crippen LogP contribution in [-0.2, 0) is 0 Å². The largest absolute Gasteiger partial charge is 0.378 e. The number of anilines is 1. The van der Waals surface area contributed by atoms with Crippen molar-refractivity contribution >= 4 is 29.5 Å². The number of nitrogens with one attached hydrogen (secondary N) is 1. The number of non-ortho nitro benzene ring substituents is 1. The van der Waals surface area contributed by atoms with Crippen molar-refractivity contribution in [3.63, 3.8) is 0 Å². The maximum absolute atomic E-state index is 10.7. The van der Waals surface area contributed by atoms with Crippen molar-refractivity contribution < 1.29 is 9.85 Å². The van der Waals surface area contributed by atoms with Crippen LogP contribution < -0.4 is 11.1 Å². The van der Waals surface area contributed by atoms with E-state index in [1.807, 2.05) is 0 Å². The van der Waals surface area contributed by atoms with Gasteiger partial charge in [0.05, 0.1) is 15.9 Å². The number of hydrogen-bond donors (Lipinski definition) is 2. The molecule has 0 aliphatic rings. The van der Waals surface area contributed by atoms with Gasteiger partial charge in [-0.2, -0.15) is 0 Å². The molecule has 0 spiro atoms. The van der Waals surface area contributed by atoms with E-state index in [4.69, 9.17) is 5.73 Å². The minimum atomic E-state index is -0.681. The van der Waals surface area contributed by atoms with Gasteiger partial charge in [-0.3, -0.25) is 20.2 Å². The zero-order valence-corrected chi connectivity index (χ0v) is 9.48. The van der Waals surface area contributed by atoms with Gasteiger partial charge in [0.1, 0.15) is 5.69 Å². The molecule has 1 aromatic carbocycles. The number of nitro groups is 2. The average molecular weight is 263 g/mol. The molecule has 0 aromatic heterocycles. The quantitative estimate of drug-likeness (QED) is 0.608. The Bertz CT molecular complexity index is 426. The summed E-state index contributed by atoms with van der Waals surface area (Å²) in [6.45, 7) is 0.673. The lowest BCUT2D eigenvalue weighted by Gasteiger charge is -2.04. The van der Waals surface area contributed by atoms with Crippen LogP contribution in [0.5, 0.6) is 0 Å². The van der Waals surface area contributed by atoms with Crippen LogP contribution >= 0.6 is 12.4 Å². The summed E-state index contributed by atoms with van der Waals surface area (Å²) in [6.07, 6.45) is 0. The molecule has 1 rings (SSSR count). The van der Waals surface area contributed by atoms with Gasteiger partial charge in [0, 0.05) is 19.2 Å². The van der Waals surface area contributed by atoms with Crippen LogP contribution in [0.15, 0.2) is 18.2 Å². The first-order chi connectivity index (χ1) is 7.56. The predicted octanol–water partition coefficient (Wildman–Crippen LogP) is 1.30. The monoisotopic (exact) mass is 262 g/mol. The van der Waals surface area contributed by atoms with Crippen LogP contribution in [-0.4, -0.2) is 22.9 Å². The Morgan fingerprint density at radius 2 is 1.88 bits per heavy atom. The van der Waals surface area contributed by atoms with Crippen molar-refractivity contribution in [2.24, 2.45) is 5.73 Å². The van der Waals surface area contributed by atoms with E-state index in [1.165, 1.54) is 12.1 Å². The Balaban J connectivity index is 0.00000256. The van der Waals surface area contributed by atoms with Crippen molar-refractivity contribution in [1.82, 2.24) is 0 Å². The molecule has 0 fully saturated rings. The fourth-order valence-electron chi connectivity index (χ4n) is 1.14. The third-order valence-electron chi connectivity index (χ3n) is 1.85. The smallest absolute Gasteiger partial charge is 0.299 e. The molecule has 0 amide bonds. The third-order valence-corrected chi connectivity index (χ3v) is 1.85. The summed E-state index contributed by atoms with van der Waals surface area (Å²) >= 11 is 0. The molecule has 0 bridgehead atoms. The number of rotatable bonds is 5. The summed E-state index contributed by atoms with van der Waals surface area (Å²) in [7, 11) is 0. The summed E-state index contributed by atoms with van der Waals surface area (Å²) in [4.78, 5) is 19.8. The van der Waals surface area contributed by atoms with Gasteiger partial charge in [-0.15, -0.1) is 12.4 Å². The zero-order valence-electron chi connectivity index (χ0n) is 8.66. The summed E-state index contributed by atoms with van der Waals surface area (Å²) in [5.74, 6) is 0. The highest BCUT2D eigenvalue weighted by Crippen LogP contribution is 2.28. The Morgan fingerprint density at radius 1 is 1.24 bits per heavy atom. The van der Waals surface area contributed by atoms with E-state index < -0.39 is 9.85 Å². The highest BCUT2D eigenvalue weighted by atomic mass is 35.5. The first-order valence-corrected chi connectivity index (χ1v) is 4.43. The van der Waals surface area contributed by atoms with Crippen LogP contribution in [0.1, 0.15) is 0 Å². The third kappa shape index (κ3) is 3.85. The van der Waals surface area contributed by atoms with E-state index in [1.54, 1.807) is 0 Å². The molecule has 0 heterocycles. The van der Waals surface area contributed by atoms with Crippen LogP contribution in [0.2, 0.25) is 0 Å². The van der Waals surface area contributed by atoms with Gasteiger partial charge >= 0.3 is 0 Å². The van der Waals surface area contributed by atoms with Gasteiger partial charge in [-0.1, -0.05) is 0 Å². The van der Waals surface area contributed by atoms with Gasteiger partial charge in [-0.05, 0) is 6.07 Å². The molecular formula is C8H11ClN4O4. The van der Waals surface area contributed by atoms with Crippen LogP contribution in [0.3, 0.4) is 0 Å². The van der Waals surface area contributed by atoms with E-state index in [9.17, 15) is 20.2 Å². The fourth-order valence-corrected chi connectivity index (χ4v) is 1.14. The van der Waals surface area contributed by atoms with Crippen molar-refractivity contribution in [3.05, 3.63) is 38.4 Å². The van der Waals surface area contributed by atoms with E-state index >= 15 is 0 Å². The minimum Gasteiger partial charge on any atom is -0.378 e. The number of hydrogen-bond acceptors (Lipinski definition) is 6. The SMILES string of the molecule is Cl.NCCNc1ccc([N+](=O)[O-])cc1[N+](=O)[O-]. The molecule has 0 saturated carbocycles. The maximum atomic E-state index is 10.7. The molecule has 8 nitrogen and oxygen atoms in total. The summed E-state index contributed by atoms with van der Waals surface area (Å²) in [6, 6.07) is 3.41. The van der Waals surface area contributed by atoms with Gasteiger partial charge in [0.15, 0.2) is 0 Å². The second-order valence-corrected chi connectivity index (χ2v) is 2.93. The second kappa shape index (κ2) is 6.61. The minimum absolute atomic E-state index is 0. The van der Waals surface area contributed by atoms with E-state index in [2.05, 4.69) is 5.32 Å². The van der Waals surface area contributed by atoms with Crippen molar-refractivity contribution in [2.45, 2.75) is 0 Å². The first kappa shape index (κ1) is 15.1. The van der Waals surface area contributed by atoms with Gasteiger partial charge in [0.25, 0.3) is 11.4 Å². The molecule has 0 saturated heterocycles. The van der Waals surface area contributed by atoms with Crippen molar-refractivity contribution in [2.75, 3.05) is 18.4 Å². The summed E-state index contributed by atoms with van der Waals surface area (Å²) in [5.41, 5.74) is 4.82. The average Bonchev–Trinajstić information content (AvgIpc) is 2.25. The fraction of sp³-hybridized carbons (Fsp3) is 0.250. The molecule has 0 unspecified atom stereocenters. The lowest BCUT2D eigenvalue weighted by Crippen LogP contribution is -2.14. The van der Waals surface area contributed by atoms with Gasteiger partial charge in [-0.25, -0.2) is 0 Å². The topological polar surface area (TPSA) is 124 Å². The predicted molar refractivity (Wildman–Crippen MR) is 64.5 cm³/mol. The zero-order chi connectivity index (χ0) is 12.1. The normalized spacial score (nSPS) is 9.24. The first-order valence-electron chi connectivity index (χ1n) is 4.43. The number of nitrogens with zero attached hydrogens (tertiary/aromatic N) is 2. The number of halogens is 1. The van der Waals surface area contributed by atoms with E-state index in [-0.39, 0.29) is 29.5 Å². The molecular weight excluding hydrogens is 252 g/mol. The van der Waals surface area contributed by atoms with Crippen LogP contribution in [0.25, 0.3) is 0 Å². The van der Waals surface area contributed by atoms with Gasteiger partial charge in [0.2, 0.25) is 0 Å². The molecule has 0 aliphatic carbocycles. The molecule has 3 N–H and O–H groups in total. The van der Waals surface area contributed by atoms with E-state index in [0.29, 0.717) is 13.1 Å². The number of nitro benzene ring substituents is 2. The highest BCUT2D eigenvalue weighted by Gasteiger charge is 2.18. The summed E-state index contributed by atoms with van der Waals surface area (Å²) < 4.78 is 0. The molecule has 0 aliphatic heterocycles. The Morgan fingerprint density at radius 3 is 2.35 bits per heavy atom. The number of nitrogens with two attached hydrogens (primary N) is 1. The maximum Gasteiger partial charge on any atom is 0.299 e. The summed E-state index contributed by atoms with van der Waals surface area (Å²) in [5, 5.41) is 23.8.